The topological polar surface area (TPSA) is 48.0 Å². The van der Waals surface area contributed by atoms with Crippen molar-refractivity contribution in [1.29, 1.82) is 0 Å². The minimum Gasteiger partial charge on any atom is -0.396 e. The van der Waals surface area contributed by atoms with E-state index in [0.717, 1.165) is 13.0 Å². The predicted octanol–water partition coefficient (Wildman–Crippen LogP) is 2.83. The van der Waals surface area contributed by atoms with Gasteiger partial charge in [-0.3, -0.25) is 0 Å². The van der Waals surface area contributed by atoms with Gasteiger partial charge in [-0.05, 0) is 56.8 Å². The van der Waals surface area contributed by atoms with Crippen LogP contribution >= 0.6 is 0 Å². The van der Waals surface area contributed by atoms with Crippen molar-refractivity contribution in [2.45, 2.75) is 38.6 Å². The van der Waals surface area contributed by atoms with E-state index in [1.54, 1.807) is 0 Å². The second kappa shape index (κ2) is 5.35. The molecule has 1 heterocycles. The first-order valence-corrected chi connectivity index (χ1v) is 7.25. The number of benzene rings is 1. The fourth-order valence-electron chi connectivity index (χ4n) is 3.14. The Morgan fingerprint density at radius 1 is 1.42 bits per heavy atom. The number of fused-ring (bicyclic) bond motifs is 3. The normalized spacial score (nSPS) is 18.7. The second-order valence-corrected chi connectivity index (χ2v) is 5.54. The van der Waals surface area contributed by atoms with E-state index in [0.29, 0.717) is 6.04 Å². The van der Waals surface area contributed by atoms with Crippen LogP contribution in [0.25, 0.3) is 10.9 Å². The van der Waals surface area contributed by atoms with Gasteiger partial charge in [0.1, 0.15) is 0 Å². The standard InChI is InChI=1S/C16H22N2O/c1-11-6-7-14-13(10-11)12-4-2-5-15(16(12)18-14)17-8-3-9-19/h6-7,10,15,17-19H,2-5,8-9H2,1H3/t15-/m1/s1. The van der Waals surface area contributed by atoms with E-state index in [4.69, 9.17) is 5.11 Å². The minimum atomic E-state index is 0.262. The summed E-state index contributed by atoms with van der Waals surface area (Å²) in [6, 6.07) is 7.07. The van der Waals surface area contributed by atoms with Crippen molar-refractivity contribution in [3.63, 3.8) is 0 Å². The van der Waals surface area contributed by atoms with Gasteiger partial charge in [0.2, 0.25) is 0 Å². The fourth-order valence-corrected chi connectivity index (χ4v) is 3.14. The van der Waals surface area contributed by atoms with E-state index in [2.05, 4.69) is 35.4 Å². The van der Waals surface area contributed by atoms with E-state index in [9.17, 15) is 0 Å². The number of H-pyrrole nitrogens is 1. The van der Waals surface area contributed by atoms with Crippen molar-refractivity contribution in [2.75, 3.05) is 13.2 Å². The maximum absolute atomic E-state index is 8.89. The summed E-state index contributed by atoms with van der Waals surface area (Å²) in [6.45, 7) is 3.30. The van der Waals surface area contributed by atoms with Gasteiger partial charge in [0.15, 0.2) is 0 Å². The molecule has 19 heavy (non-hydrogen) atoms. The molecule has 0 bridgehead atoms. The molecule has 0 radical (unpaired) electrons. The average Bonchev–Trinajstić information content (AvgIpc) is 2.78. The molecular weight excluding hydrogens is 236 g/mol. The SMILES string of the molecule is Cc1ccc2[nH]c3c(c2c1)CCC[C@H]3NCCCO. The maximum atomic E-state index is 8.89. The minimum absolute atomic E-state index is 0.262. The number of rotatable bonds is 4. The van der Waals surface area contributed by atoms with Crippen LogP contribution in [0.2, 0.25) is 0 Å². The molecule has 1 aliphatic carbocycles. The van der Waals surface area contributed by atoms with Crippen LogP contribution in [0, 0.1) is 6.92 Å². The third-order valence-electron chi connectivity index (χ3n) is 4.09. The highest BCUT2D eigenvalue weighted by atomic mass is 16.3. The molecule has 0 fully saturated rings. The summed E-state index contributed by atoms with van der Waals surface area (Å²) in [5.74, 6) is 0. The van der Waals surface area contributed by atoms with E-state index in [-0.39, 0.29) is 6.61 Å². The van der Waals surface area contributed by atoms with Crippen molar-refractivity contribution >= 4 is 10.9 Å². The Hall–Kier alpha value is -1.32. The Kier molecular flexibility index (Phi) is 3.58. The molecule has 3 N–H and O–H groups in total. The van der Waals surface area contributed by atoms with Gasteiger partial charge in [0.25, 0.3) is 0 Å². The lowest BCUT2D eigenvalue weighted by Crippen LogP contribution is -2.26. The molecule has 1 atom stereocenters. The zero-order chi connectivity index (χ0) is 13.2. The molecule has 0 aliphatic heterocycles. The highest BCUT2D eigenvalue weighted by Gasteiger charge is 2.23. The van der Waals surface area contributed by atoms with E-state index in [1.807, 2.05) is 0 Å². The van der Waals surface area contributed by atoms with Crippen molar-refractivity contribution in [3.05, 3.63) is 35.0 Å². The van der Waals surface area contributed by atoms with Crippen molar-refractivity contribution in [3.8, 4) is 0 Å². The average molecular weight is 258 g/mol. The molecule has 3 rings (SSSR count). The zero-order valence-electron chi connectivity index (χ0n) is 11.5. The van der Waals surface area contributed by atoms with Gasteiger partial charge in [0, 0.05) is 29.2 Å². The number of hydrogen-bond acceptors (Lipinski definition) is 2. The summed E-state index contributed by atoms with van der Waals surface area (Å²) in [7, 11) is 0. The quantitative estimate of drug-likeness (QED) is 0.739. The van der Waals surface area contributed by atoms with E-state index < -0.39 is 0 Å². The van der Waals surface area contributed by atoms with Gasteiger partial charge in [-0.25, -0.2) is 0 Å². The summed E-state index contributed by atoms with van der Waals surface area (Å²) in [5, 5.41) is 13.8. The molecule has 1 aliphatic rings. The van der Waals surface area contributed by atoms with Crippen LogP contribution < -0.4 is 5.32 Å². The number of aliphatic hydroxyl groups excluding tert-OH is 1. The predicted molar refractivity (Wildman–Crippen MR) is 78.4 cm³/mol. The van der Waals surface area contributed by atoms with Gasteiger partial charge in [-0.1, -0.05) is 11.6 Å². The molecule has 0 unspecified atom stereocenters. The van der Waals surface area contributed by atoms with Crippen LogP contribution in [0.5, 0.6) is 0 Å². The number of aliphatic hydroxyl groups is 1. The Balaban J connectivity index is 1.93. The Morgan fingerprint density at radius 3 is 3.16 bits per heavy atom. The highest BCUT2D eigenvalue weighted by Crippen LogP contribution is 2.34. The largest absolute Gasteiger partial charge is 0.396 e. The smallest absolute Gasteiger partial charge is 0.0476 e. The molecule has 0 spiro atoms. The van der Waals surface area contributed by atoms with E-state index >= 15 is 0 Å². The number of aromatic nitrogens is 1. The van der Waals surface area contributed by atoms with Gasteiger partial charge < -0.3 is 15.4 Å². The zero-order valence-corrected chi connectivity index (χ0v) is 11.5. The number of hydrogen-bond donors (Lipinski definition) is 3. The van der Waals surface area contributed by atoms with Crippen LogP contribution in [0.4, 0.5) is 0 Å². The lowest BCUT2D eigenvalue weighted by Gasteiger charge is -2.23. The number of aryl methyl sites for hydroxylation is 2. The summed E-state index contributed by atoms with van der Waals surface area (Å²) >= 11 is 0. The molecule has 1 aromatic carbocycles. The molecule has 2 aromatic rings. The maximum Gasteiger partial charge on any atom is 0.0476 e. The van der Waals surface area contributed by atoms with Crippen LogP contribution in [-0.2, 0) is 6.42 Å². The molecule has 0 amide bonds. The number of aromatic amines is 1. The lowest BCUT2D eigenvalue weighted by molar-refractivity contribution is 0.281. The van der Waals surface area contributed by atoms with E-state index in [1.165, 1.54) is 47.0 Å². The summed E-state index contributed by atoms with van der Waals surface area (Å²) in [5.41, 5.74) is 5.44. The van der Waals surface area contributed by atoms with Crippen molar-refractivity contribution in [1.82, 2.24) is 10.3 Å². The molecule has 3 nitrogen and oxygen atoms in total. The van der Waals surface area contributed by atoms with Crippen molar-refractivity contribution < 1.29 is 5.11 Å². The Labute approximate surface area is 114 Å². The molecule has 102 valence electrons. The van der Waals surface area contributed by atoms with Crippen LogP contribution in [0.1, 0.15) is 42.1 Å². The summed E-state index contributed by atoms with van der Waals surface area (Å²) < 4.78 is 0. The summed E-state index contributed by atoms with van der Waals surface area (Å²) in [4.78, 5) is 3.60. The van der Waals surface area contributed by atoms with Crippen LogP contribution in [0.15, 0.2) is 18.2 Å². The second-order valence-electron chi connectivity index (χ2n) is 5.54. The molecular formula is C16H22N2O. The molecule has 1 aromatic heterocycles. The van der Waals surface area contributed by atoms with Gasteiger partial charge in [0.05, 0.1) is 0 Å². The fraction of sp³-hybridized carbons (Fsp3) is 0.500. The lowest BCUT2D eigenvalue weighted by atomic mass is 9.91. The third-order valence-corrected chi connectivity index (χ3v) is 4.09. The monoisotopic (exact) mass is 258 g/mol. The first kappa shape index (κ1) is 12.7. The van der Waals surface area contributed by atoms with Gasteiger partial charge in [-0.15, -0.1) is 0 Å². The first-order chi connectivity index (χ1) is 9.29. The van der Waals surface area contributed by atoms with Crippen LogP contribution in [-0.4, -0.2) is 23.2 Å². The molecule has 3 heteroatoms. The van der Waals surface area contributed by atoms with Crippen molar-refractivity contribution in [2.24, 2.45) is 0 Å². The van der Waals surface area contributed by atoms with Crippen LogP contribution in [0.3, 0.4) is 0 Å². The van der Waals surface area contributed by atoms with Gasteiger partial charge in [-0.2, -0.15) is 0 Å². The highest BCUT2D eigenvalue weighted by molar-refractivity contribution is 5.85. The third kappa shape index (κ3) is 2.40. The first-order valence-electron chi connectivity index (χ1n) is 7.25. The Bertz CT molecular complexity index is 573. The summed E-state index contributed by atoms with van der Waals surface area (Å²) in [6.07, 6.45) is 4.43. The molecule has 0 saturated heterocycles. The Morgan fingerprint density at radius 2 is 2.32 bits per heavy atom. The molecule has 0 saturated carbocycles. The number of nitrogens with one attached hydrogen (secondary N) is 2. The van der Waals surface area contributed by atoms with Gasteiger partial charge >= 0.3 is 0 Å².